The fourth-order valence-electron chi connectivity index (χ4n) is 2.32. The summed E-state index contributed by atoms with van der Waals surface area (Å²) in [7, 11) is 0. The number of nitrogens with one attached hydrogen (secondary N) is 1. The Morgan fingerprint density at radius 1 is 1.15 bits per heavy atom. The molecule has 1 unspecified atom stereocenters. The molecule has 3 rings (SSSR count). The molecule has 0 bridgehead atoms. The van der Waals surface area contributed by atoms with Crippen molar-refractivity contribution in [2.75, 3.05) is 12.3 Å². The molecule has 1 atom stereocenters. The smallest absolute Gasteiger partial charge is 0.246 e. The first-order chi connectivity index (χ1) is 12.6. The Bertz CT molecular complexity index is 848. The maximum atomic E-state index is 12.3. The van der Waals surface area contributed by atoms with Gasteiger partial charge in [0.15, 0.2) is 0 Å². The van der Waals surface area contributed by atoms with E-state index in [-0.39, 0.29) is 5.91 Å². The van der Waals surface area contributed by atoms with Gasteiger partial charge in [-0.05, 0) is 31.2 Å². The van der Waals surface area contributed by atoms with E-state index in [1.807, 2.05) is 30.3 Å². The van der Waals surface area contributed by atoms with Crippen LogP contribution in [0.1, 0.15) is 18.5 Å². The summed E-state index contributed by atoms with van der Waals surface area (Å²) in [5.41, 5.74) is 2.12. The van der Waals surface area contributed by atoms with E-state index in [2.05, 4.69) is 51.9 Å². The molecule has 0 spiro atoms. The Labute approximate surface area is 157 Å². The van der Waals surface area contributed by atoms with Gasteiger partial charge in [0, 0.05) is 22.8 Å². The molecular weight excluding hydrogens is 346 g/mol. The van der Waals surface area contributed by atoms with Crippen molar-refractivity contribution in [3.63, 3.8) is 0 Å². The van der Waals surface area contributed by atoms with Crippen LogP contribution in [0.4, 0.5) is 0 Å². The first kappa shape index (κ1) is 18.1. The highest BCUT2D eigenvalue weighted by Gasteiger charge is 2.18. The Morgan fingerprint density at radius 3 is 2.62 bits per heavy atom. The highest BCUT2D eigenvalue weighted by Crippen LogP contribution is 2.17. The normalized spacial score (nSPS) is 11.9. The predicted molar refractivity (Wildman–Crippen MR) is 103 cm³/mol. The molecule has 2 aromatic carbocycles. The van der Waals surface area contributed by atoms with Crippen molar-refractivity contribution < 1.29 is 4.79 Å². The maximum absolute atomic E-state index is 12.3. The summed E-state index contributed by atoms with van der Waals surface area (Å²) in [6, 6.07) is 17.4. The number of hydrogen-bond donors (Lipinski definition) is 1. The first-order valence-corrected chi connectivity index (χ1v) is 9.44. The summed E-state index contributed by atoms with van der Waals surface area (Å²) in [6.45, 7) is 4.41. The Balaban J connectivity index is 1.48. The Morgan fingerprint density at radius 2 is 1.88 bits per heavy atom. The van der Waals surface area contributed by atoms with Gasteiger partial charge in [0.2, 0.25) is 11.7 Å². The van der Waals surface area contributed by atoms with Gasteiger partial charge in [-0.25, -0.2) is 0 Å². The Kier molecular flexibility index (Phi) is 6.01. The van der Waals surface area contributed by atoms with Crippen LogP contribution in [0.25, 0.3) is 11.4 Å². The number of thioether (sulfide) groups is 1. The van der Waals surface area contributed by atoms with Gasteiger partial charge >= 0.3 is 0 Å². The van der Waals surface area contributed by atoms with Crippen LogP contribution in [-0.2, 0) is 4.79 Å². The van der Waals surface area contributed by atoms with Gasteiger partial charge in [0.25, 0.3) is 0 Å². The number of aryl methyl sites for hydroxylation is 1. The third-order valence-electron chi connectivity index (χ3n) is 3.88. The van der Waals surface area contributed by atoms with Crippen molar-refractivity contribution in [2.24, 2.45) is 0 Å². The largest absolute Gasteiger partial charge is 0.353 e. The number of nitrogens with zero attached hydrogens (tertiary/aromatic N) is 4. The van der Waals surface area contributed by atoms with Crippen molar-refractivity contribution in [3.8, 4) is 11.4 Å². The monoisotopic (exact) mass is 367 g/mol. The minimum atomic E-state index is -0.510. The fourth-order valence-corrected chi connectivity index (χ4v) is 3.09. The number of tetrazole rings is 1. The molecule has 0 saturated heterocycles. The number of amides is 1. The lowest BCUT2D eigenvalue weighted by atomic mass is 10.2. The molecule has 0 saturated carbocycles. The number of aromatic nitrogens is 4. The van der Waals surface area contributed by atoms with E-state index in [0.717, 1.165) is 11.3 Å². The van der Waals surface area contributed by atoms with E-state index >= 15 is 0 Å². The van der Waals surface area contributed by atoms with Crippen LogP contribution >= 0.6 is 11.8 Å². The van der Waals surface area contributed by atoms with Crippen molar-refractivity contribution in [2.45, 2.75) is 24.8 Å². The second-order valence-corrected chi connectivity index (χ2v) is 7.10. The zero-order valence-corrected chi connectivity index (χ0v) is 15.6. The third kappa shape index (κ3) is 4.70. The van der Waals surface area contributed by atoms with Crippen molar-refractivity contribution in [1.29, 1.82) is 0 Å². The highest BCUT2D eigenvalue weighted by molar-refractivity contribution is 7.99. The molecular formula is C19H21N5OS. The molecule has 26 heavy (non-hydrogen) atoms. The van der Waals surface area contributed by atoms with E-state index in [1.165, 1.54) is 15.3 Å². The fraction of sp³-hybridized carbons (Fsp3) is 0.263. The van der Waals surface area contributed by atoms with Crippen LogP contribution in [0, 0.1) is 6.92 Å². The van der Waals surface area contributed by atoms with Gasteiger partial charge in [0.05, 0.1) is 0 Å². The summed E-state index contributed by atoms with van der Waals surface area (Å²) in [5, 5.41) is 15.3. The number of carbonyl (C=O) groups is 1. The third-order valence-corrected chi connectivity index (χ3v) is 4.89. The van der Waals surface area contributed by atoms with Crippen molar-refractivity contribution in [1.82, 2.24) is 25.5 Å². The summed E-state index contributed by atoms with van der Waals surface area (Å²) in [6.07, 6.45) is 0. The van der Waals surface area contributed by atoms with Crippen LogP contribution in [0.5, 0.6) is 0 Å². The van der Waals surface area contributed by atoms with Crippen LogP contribution < -0.4 is 5.32 Å². The zero-order chi connectivity index (χ0) is 18.4. The lowest BCUT2D eigenvalue weighted by Crippen LogP contribution is -2.33. The van der Waals surface area contributed by atoms with Crippen LogP contribution in [0.3, 0.4) is 0 Å². The second kappa shape index (κ2) is 8.62. The van der Waals surface area contributed by atoms with Gasteiger partial charge in [-0.15, -0.1) is 22.0 Å². The van der Waals surface area contributed by atoms with E-state index in [9.17, 15) is 4.79 Å². The summed E-state index contributed by atoms with van der Waals surface area (Å²) >= 11 is 1.71. The molecule has 0 aliphatic carbocycles. The van der Waals surface area contributed by atoms with Gasteiger partial charge in [-0.3, -0.25) is 4.79 Å². The molecule has 3 aromatic rings. The first-order valence-electron chi connectivity index (χ1n) is 8.45. The molecule has 134 valence electrons. The molecule has 0 aliphatic heterocycles. The molecule has 7 heteroatoms. The molecule has 0 aliphatic rings. The number of benzene rings is 2. The molecule has 0 radical (unpaired) electrons. The SMILES string of the molecule is Cc1ccc(SCCNC(=O)C(C)n2nnc(-c3ccccc3)n2)cc1. The number of rotatable bonds is 7. The van der Waals surface area contributed by atoms with Crippen molar-refractivity contribution in [3.05, 3.63) is 60.2 Å². The van der Waals surface area contributed by atoms with Crippen LogP contribution in [-0.4, -0.2) is 38.4 Å². The topological polar surface area (TPSA) is 72.7 Å². The summed E-state index contributed by atoms with van der Waals surface area (Å²) in [4.78, 5) is 14.8. The van der Waals surface area contributed by atoms with Crippen LogP contribution in [0.2, 0.25) is 0 Å². The van der Waals surface area contributed by atoms with Gasteiger partial charge in [-0.1, -0.05) is 48.0 Å². The van der Waals surface area contributed by atoms with E-state index in [0.29, 0.717) is 12.4 Å². The predicted octanol–water partition coefficient (Wildman–Crippen LogP) is 3.12. The molecule has 6 nitrogen and oxygen atoms in total. The van der Waals surface area contributed by atoms with Gasteiger partial charge in [-0.2, -0.15) is 4.80 Å². The highest BCUT2D eigenvalue weighted by atomic mass is 32.2. The minimum Gasteiger partial charge on any atom is -0.353 e. The standard InChI is InChI=1S/C19H21N5OS/c1-14-8-10-17(11-9-14)26-13-12-20-19(25)15(2)24-22-18(21-23-24)16-6-4-3-5-7-16/h3-11,15H,12-13H2,1-2H3,(H,20,25). The molecule has 0 fully saturated rings. The quantitative estimate of drug-likeness (QED) is 0.513. The van der Waals surface area contributed by atoms with Gasteiger partial charge < -0.3 is 5.32 Å². The van der Waals surface area contributed by atoms with Crippen molar-refractivity contribution >= 4 is 17.7 Å². The summed E-state index contributed by atoms with van der Waals surface area (Å²) < 4.78 is 0. The lowest BCUT2D eigenvalue weighted by molar-refractivity contribution is -0.124. The maximum Gasteiger partial charge on any atom is 0.246 e. The lowest BCUT2D eigenvalue weighted by Gasteiger charge is -2.10. The van der Waals surface area contributed by atoms with E-state index < -0.39 is 6.04 Å². The average molecular weight is 367 g/mol. The molecule has 1 amide bonds. The Hall–Kier alpha value is -2.67. The summed E-state index contributed by atoms with van der Waals surface area (Å²) in [5.74, 6) is 1.20. The van der Waals surface area contributed by atoms with E-state index in [1.54, 1.807) is 18.7 Å². The number of carbonyl (C=O) groups excluding carboxylic acids is 1. The second-order valence-electron chi connectivity index (χ2n) is 5.93. The average Bonchev–Trinajstić information content (AvgIpc) is 3.17. The number of hydrogen-bond acceptors (Lipinski definition) is 5. The molecule has 1 heterocycles. The van der Waals surface area contributed by atoms with Crippen LogP contribution in [0.15, 0.2) is 59.5 Å². The molecule has 1 N–H and O–H groups in total. The molecule has 1 aromatic heterocycles. The zero-order valence-electron chi connectivity index (χ0n) is 14.8. The van der Waals surface area contributed by atoms with Gasteiger partial charge in [0.1, 0.15) is 6.04 Å². The van der Waals surface area contributed by atoms with E-state index in [4.69, 9.17) is 0 Å². The minimum absolute atomic E-state index is 0.119.